The highest BCUT2D eigenvalue weighted by atomic mass is 32.1. The molecule has 0 heterocycles. The fraction of sp³-hybridized carbons (Fsp3) is 0.955. The van der Waals surface area contributed by atoms with Crippen molar-refractivity contribution in [3.63, 3.8) is 0 Å². The molecule has 0 aromatic rings. The zero-order chi connectivity index (χ0) is 18.1. The van der Waals surface area contributed by atoms with Crippen molar-refractivity contribution in [3.05, 3.63) is 0 Å². The number of unbranched alkanes of at least 4 members (excludes halogenated alkanes) is 14. The molecule has 0 N–H and O–H groups in total. The molecule has 0 saturated heterocycles. The molecule has 0 aromatic heterocycles. The van der Waals surface area contributed by atoms with Crippen molar-refractivity contribution in [1.82, 2.24) is 0 Å². The lowest BCUT2D eigenvalue weighted by molar-refractivity contribution is -0.119. The first-order valence-corrected chi connectivity index (χ1v) is 11.1. The summed E-state index contributed by atoms with van der Waals surface area (Å²) in [5.41, 5.74) is 0. The summed E-state index contributed by atoms with van der Waals surface area (Å²) in [6, 6.07) is 0. The van der Waals surface area contributed by atoms with Crippen molar-refractivity contribution in [2.75, 3.05) is 0 Å². The van der Waals surface area contributed by atoms with Crippen LogP contribution in [-0.2, 0) is 4.79 Å². The van der Waals surface area contributed by atoms with Crippen LogP contribution >= 0.6 is 12.6 Å². The summed E-state index contributed by atoms with van der Waals surface area (Å²) in [5.74, 6) is 0.379. The monoisotopic (exact) mass is 356 g/mol. The summed E-state index contributed by atoms with van der Waals surface area (Å²) in [6.45, 7) is 6.31. The summed E-state index contributed by atoms with van der Waals surface area (Å²) in [5, 5.41) is 0. The Balaban J connectivity index is 3.14. The number of carbonyl (C=O) groups excluding carboxylic acids is 1. The number of ketones is 1. The maximum absolute atomic E-state index is 11.7. The second kappa shape index (κ2) is 16.5. The molecule has 24 heavy (non-hydrogen) atoms. The Kier molecular flexibility index (Phi) is 16.5. The SMILES string of the molecule is CCCCCCCCCCCCCCCCCC(=O)CC(C)(C)S. The van der Waals surface area contributed by atoms with E-state index in [4.69, 9.17) is 0 Å². The van der Waals surface area contributed by atoms with Gasteiger partial charge in [-0.3, -0.25) is 4.79 Å². The molecule has 0 aliphatic carbocycles. The predicted molar refractivity (Wildman–Crippen MR) is 112 cm³/mol. The molecule has 0 atom stereocenters. The van der Waals surface area contributed by atoms with E-state index in [0.717, 1.165) is 12.8 Å². The highest BCUT2D eigenvalue weighted by molar-refractivity contribution is 7.81. The van der Waals surface area contributed by atoms with Gasteiger partial charge in [0.1, 0.15) is 5.78 Å². The van der Waals surface area contributed by atoms with Crippen LogP contribution in [0.2, 0.25) is 0 Å². The molecule has 0 radical (unpaired) electrons. The van der Waals surface area contributed by atoms with Crippen molar-refractivity contribution in [1.29, 1.82) is 0 Å². The Bertz CT molecular complexity index is 280. The molecule has 0 rings (SSSR count). The van der Waals surface area contributed by atoms with Crippen LogP contribution in [0.3, 0.4) is 0 Å². The summed E-state index contributed by atoms with van der Waals surface area (Å²) < 4.78 is -0.146. The van der Waals surface area contributed by atoms with Crippen LogP contribution in [0.1, 0.15) is 130 Å². The molecule has 0 aliphatic heterocycles. The zero-order valence-electron chi connectivity index (χ0n) is 16.9. The number of rotatable bonds is 18. The minimum atomic E-state index is -0.146. The van der Waals surface area contributed by atoms with Crippen LogP contribution in [0.25, 0.3) is 0 Å². The van der Waals surface area contributed by atoms with Gasteiger partial charge in [0.05, 0.1) is 0 Å². The highest BCUT2D eigenvalue weighted by Gasteiger charge is 2.16. The van der Waals surface area contributed by atoms with Crippen LogP contribution in [0.4, 0.5) is 0 Å². The van der Waals surface area contributed by atoms with Crippen LogP contribution in [0.15, 0.2) is 0 Å². The predicted octanol–water partition coefficient (Wildman–Crippen LogP) is 7.92. The summed E-state index contributed by atoms with van der Waals surface area (Å²) >= 11 is 4.42. The van der Waals surface area contributed by atoms with Crippen LogP contribution in [0, 0.1) is 0 Å². The van der Waals surface area contributed by atoms with E-state index >= 15 is 0 Å². The molecule has 1 nitrogen and oxygen atoms in total. The Labute approximate surface area is 158 Å². The van der Waals surface area contributed by atoms with E-state index in [0.29, 0.717) is 12.2 Å². The Morgan fingerprint density at radius 1 is 0.667 bits per heavy atom. The third kappa shape index (κ3) is 20.1. The van der Waals surface area contributed by atoms with E-state index in [1.54, 1.807) is 0 Å². The van der Waals surface area contributed by atoms with Gasteiger partial charge in [0.15, 0.2) is 0 Å². The average molecular weight is 357 g/mol. The number of Topliss-reactive ketones (excluding diaryl/α,β-unsaturated/α-hetero) is 1. The lowest BCUT2D eigenvalue weighted by Crippen LogP contribution is -2.16. The van der Waals surface area contributed by atoms with Crippen LogP contribution in [0.5, 0.6) is 0 Å². The molecule has 0 aliphatic rings. The molecule has 0 spiro atoms. The first-order chi connectivity index (χ1) is 11.5. The third-order valence-corrected chi connectivity index (χ3v) is 4.85. The van der Waals surface area contributed by atoms with Gasteiger partial charge in [-0.25, -0.2) is 0 Å². The van der Waals surface area contributed by atoms with E-state index in [-0.39, 0.29) is 4.75 Å². The quantitative estimate of drug-likeness (QED) is 0.195. The van der Waals surface area contributed by atoms with Gasteiger partial charge in [0, 0.05) is 17.6 Å². The maximum atomic E-state index is 11.7. The van der Waals surface area contributed by atoms with Gasteiger partial charge < -0.3 is 0 Å². The van der Waals surface area contributed by atoms with E-state index in [1.165, 1.54) is 89.9 Å². The van der Waals surface area contributed by atoms with Gasteiger partial charge in [0.2, 0.25) is 0 Å². The minimum absolute atomic E-state index is 0.146. The molecule has 0 amide bonds. The van der Waals surface area contributed by atoms with Gasteiger partial charge in [-0.2, -0.15) is 12.6 Å². The van der Waals surface area contributed by atoms with Gasteiger partial charge in [-0.1, -0.05) is 111 Å². The summed E-state index contributed by atoms with van der Waals surface area (Å²) in [4.78, 5) is 11.7. The van der Waals surface area contributed by atoms with E-state index in [2.05, 4.69) is 19.6 Å². The van der Waals surface area contributed by atoms with Crippen molar-refractivity contribution in [2.45, 2.75) is 135 Å². The molecule has 0 bridgehead atoms. The van der Waals surface area contributed by atoms with E-state index in [9.17, 15) is 4.79 Å². The lowest BCUT2D eigenvalue weighted by atomic mass is 10.0. The second-order valence-electron chi connectivity index (χ2n) is 8.23. The van der Waals surface area contributed by atoms with Crippen molar-refractivity contribution in [2.24, 2.45) is 0 Å². The van der Waals surface area contributed by atoms with Gasteiger partial charge in [0.25, 0.3) is 0 Å². The number of hydrogen-bond acceptors (Lipinski definition) is 2. The molecular weight excluding hydrogens is 312 g/mol. The topological polar surface area (TPSA) is 17.1 Å². The first-order valence-electron chi connectivity index (χ1n) is 10.7. The fourth-order valence-electron chi connectivity index (χ4n) is 3.26. The normalized spacial score (nSPS) is 11.8. The van der Waals surface area contributed by atoms with E-state index in [1.807, 2.05) is 13.8 Å². The van der Waals surface area contributed by atoms with Gasteiger partial charge in [-0.05, 0) is 6.42 Å². The fourth-order valence-corrected chi connectivity index (χ4v) is 3.44. The van der Waals surface area contributed by atoms with Crippen LogP contribution < -0.4 is 0 Å². The Morgan fingerprint density at radius 3 is 1.33 bits per heavy atom. The first kappa shape index (κ1) is 24.0. The van der Waals surface area contributed by atoms with Gasteiger partial charge >= 0.3 is 0 Å². The molecule has 0 fully saturated rings. The molecule has 0 saturated carbocycles. The van der Waals surface area contributed by atoms with Gasteiger partial charge in [-0.15, -0.1) is 0 Å². The lowest BCUT2D eigenvalue weighted by Gasteiger charge is -2.15. The molecular formula is C22H44OS. The summed E-state index contributed by atoms with van der Waals surface area (Å²) in [7, 11) is 0. The smallest absolute Gasteiger partial charge is 0.134 e. The largest absolute Gasteiger partial charge is 0.300 e. The Morgan fingerprint density at radius 2 is 1.00 bits per heavy atom. The van der Waals surface area contributed by atoms with Crippen molar-refractivity contribution >= 4 is 18.4 Å². The molecule has 0 unspecified atom stereocenters. The Hall–Kier alpha value is 0.0200. The number of carbonyl (C=O) groups is 1. The van der Waals surface area contributed by atoms with Crippen molar-refractivity contribution < 1.29 is 4.79 Å². The van der Waals surface area contributed by atoms with Crippen molar-refractivity contribution in [3.8, 4) is 0 Å². The minimum Gasteiger partial charge on any atom is -0.300 e. The highest BCUT2D eigenvalue weighted by Crippen LogP contribution is 2.19. The third-order valence-electron chi connectivity index (χ3n) is 4.69. The van der Waals surface area contributed by atoms with Crippen LogP contribution in [-0.4, -0.2) is 10.5 Å². The van der Waals surface area contributed by atoms with E-state index < -0.39 is 0 Å². The zero-order valence-corrected chi connectivity index (χ0v) is 17.8. The average Bonchev–Trinajstić information content (AvgIpc) is 2.49. The molecule has 144 valence electrons. The number of hydrogen-bond donors (Lipinski definition) is 1. The number of thiol groups is 1. The maximum Gasteiger partial charge on any atom is 0.134 e. The molecule has 2 heteroatoms. The second-order valence-corrected chi connectivity index (χ2v) is 9.44. The summed E-state index contributed by atoms with van der Waals surface area (Å²) in [6.07, 6.45) is 21.9. The molecule has 0 aromatic carbocycles. The standard InChI is InChI=1S/C22H44OS/c1-4-5-6-7-8-9-10-11-12-13-14-15-16-17-18-19-21(23)20-22(2,3)24/h24H,4-20H2,1-3H3.